The van der Waals surface area contributed by atoms with Crippen LogP contribution in [0.5, 0.6) is 0 Å². The second-order valence-electron chi connectivity index (χ2n) is 15.1. The highest BCUT2D eigenvalue weighted by Crippen LogP contribution is 2.37. The number of benzene rings is 6. The smallest absolute Gasteiger partial charge is 0.264 e. The Balaban J connectivity index is 0.000000182. The number of anilines is 3. The van der Waals surface area contributed by atoms with Crippen LogP contribution in [0.1, 0.15) is 61.4 Å². The molecule has 0 unspecified atom stereocenters. The summed E-state index contributed by atoms with van der Waals surface area (Å²) in [5.41, 5.74) is 11.3. The van der Waals surface area contributed by atoms with Crippen molar-refractivity contribution in [1.82, 2.24) is 0 Å². The van der Waals surface area contributed by atoms with Gasteiger partial charge in [0.05, 0.1) is 42.3 Å². The number of nitrogens with two attached hydrogens (primary N) is 1. The number of hydrogen-bond donors (Lipinski definition) is 1. The molecule has 2 heterocycles. The van der Waals surface area contributed by atoms with E-state index in [2.05, 4.69) is 0 Å². The first-order chi connectivity index (χ1) is 30.7. The van der Waals surface area contributed by atoms with Crippen molar-refractivity contribution in [2.45, 2.75) is 55.7 Å². The van der Waals surface area contributed by atoms with Crippen LogP contribution < -0.4 is 14.3 Å². The Bertz CT molecular complexity index is 2970. The molecule has 8 rings (SSSR count). The molecule has 9 nitrogen and oxygen atoms in total. The summed E-state index contributed by atoms with van der Waals surface area (Å²) in [7, 11) is -7.63. The van der Waals surface area contributed by atoms with Crippen LogP contribution in [-0.4, -0.2) is 41.0 Å². The minimum absolute atomic E-state index is 0.0110. The zero-order valence-corrected chi connectivity index (χ0v) is 38.6. The number of sulfonamides is 2. The average molecular weight is 989 g/mol. The van der Waals surface area contributed by atoms with Gasteiger partial charge in [-0.3, -0.25) is 18.2 Å². The Morgan fingerprint density at radius 3 is 1.48 bits per heavy atom. The third-order valence-corrected chi connectivity index (χ3v) is 15.2. The van der Waals surface area contributed by atoms with Gasteiger partial charge in [-0.15, -0.1) is 0 Å². The van der Waals surface area contributed by atoms with Gasteiger partial charge in [-0.25, -0.2) is 34.4 Å². The molecule has 0 spiro atoms. The van der Waals surface area contributed by atoms with Gasteiger partial charge >= 0.3 is 0 Å². The van der Waals surface area contributed by atoms with E-state index in [-0.39, 0.29) is 43.9 Å². The molecular formula is C47H40Cl3F4N3O6S2. The summed E-state index contributed by atoms with van der Waals surface area (Å²) in [6, 6.07) is 24.8. The first kappa shape index (κ1) is 49.0. The molecule has 0 aromatic heterocycles. The van der Waals surface area contributed by atoms with Crippen molar-refractivity contribution in [3.63, 3.8) is 0 Å². The van der Waals surface area contributed by atoms with Gasteiger partial charge < -0.3 is 5.73 Å². The van der Waals surface area contributed by atoms with E-state index in [1.807, 2.05) is 26.0 Å². The van der Waals surface area contributed by atoms with Crippen LogP contribution >= 0.6 is 34.8 Å². The van der Waals surface area contributed by atoms with E-state index in [9.17, 15) is 44.0 Å². The molecule has 0 saturated carbocycles. The minimum Gasteiger partial charge on any atom is -0.398 e. The lowest BCUT2D eigenvalue weighted by Gasteiger charge is -2.31. The SMILES string of the molecule is Cc1cc2c(cc1CC(=O)c1c(F)cccc1Cl)N(S(=O)(=O)c1ccc(F)cc1)CCC2.Cc1cc2c(cc1N)N(S(=O)(=O)c1ccc(F)cc1)CCC2.O=C(Cl)c1c(F)cccc1Cl. The number of rotatable bonds is 8. The normalized spacial score (nSPS) is 13.4. The molecule has 0 radical (unpaired) electrons. The van der Waals surface area contributed by atoms with E-state index in [0.29, 0.717) is 42.0 Å². The van der Waals surface area contributed by atoms with Gasteiger partial charge in [0.2, 0.25) is 0 Å². The number of nitrogen functional groups attached to an aromatic ring is 1. The number of ketones is 1. The van der Waals surface area contributed by atoms with Crippen LogP contribution in [0.25, 0.3) is 0 Å². The van der Waals surface area contributed by atoms with Crippen LogP contribution in [0.15, 0.2) is 119 Å². The molecule has 0 bridgehead atoms. The Labute approximate surface area is 389 Å². The molecule has 2 N–H and O–H groups in total. The zero-order valence-electron chi connectivity index (χ0n) is 34.7. The van der Waals surface area contributed by atoms with Crippen molar-refractivity contribution in [3.05, 3.63) is 181 Å². The molecule has 0 fully saturated rings. The summed E-state index contributed by atoms with van der Waals surface area (Å²) in [5, 5.41) is -0.816. The maximum atomic E-state index is 14.2. The molecule has 2 aliphatic heterocycles. The van der Waals surface area contributed by atoms with Crippen molar-refractivity contribution in [2.75, 3.05) is 27.4 Å². The first-order valence-electron chi connectivity index (χ1n) is 19.9. The number of nitrogens with zero attached hydrogens (tertiary/aromatic N) is 2. The van der Waals surface area contributed by atoms with Crippen LogP contribution in [0.4, 0.5) is 34.6 Å². The maximum absolute atomic E-state index is 14.2. The molecule has 0 amide bonds. The second kappa shape index (κ2) is 20.4. The van der Waals surface area contributed by atoms with Crippen LogP contribution in [-0.2, 0) is 39.3 Å². The Morgan fingerprint density at radius 1 is 0.615 bits per heavy atom. The lowest BCUT2D eigenvalue weighted by atomic mass is 9.93. The summed E-state index contributed by atoms with van der Waals surface area (Å²) in [6.45, 7) is 4.40. The average Bonchev–Trinajstić information content (AvgIpc) is 3.24. The molecule has 18 heteroatoms. The van der Waals surface area contributed by atoms with Crippen LogP contribution in [0.2, 0.25) is 10.0 Å². The molecule has 0 aliphatic carbocycles. The van der Waals surface area contributed by atoms with Crippen LogP contribution in [0, 0.1) is 37.1 Å². The fraction of sp³-hybridized carbons (Fsp3) is 0.191. The monoisotopic (exact) mass is 987 g/mol. The van der Waals surface area contributed by atoms with Crippen molar-refractivity contribution < 1.29 is 44.0 Å². The van der Waals surface area contributed by atoms with Gasteiger partial charge in [-0.2, -0.15) is 0 Å². The van der Waals surface area contributed by atoms with E-state index in [1.165, 1.54) is 63.2 Å². The fourth-order valence-corrected chi connectivity index (χ4v) is 11.2. The van der Waals surface area contributed by atoms with Crippen molar-refractivity contribution in [1.29, 1.82) is 0 Å². The highest BCUT2D eigenvalue weighted by atomic mass is 35.5. The maximum Gasteiger partial charge on any atom is 0.264 e. The predicted octanol–water partition coefficient (Wildman–Crippen LogP) is 11.2. The minimum atomic E-state index is -3.92. The van der Waals surface area contributed by atoms with Gasteiger partial charge in [-0.1, -0.05) is 47.5 Å². The largest absolute Gasteiger partial charge is 0.398 e. The lowest BCUT2D eigenvalue weighted by Crippen LogP contribution is -2.35. The third kappa shape index (κ3) is 11.0. The third-order valence-electron chi connectivity index (χ3n) is 10.7. The van der Waals surface area contributed by atoms with Crippen molar-refractivity contribution in [3.8, 4) is 0 Å². The first-order valence-corrected chi connectivity index (χ1v) is 23.9. The van der Waals surface area contributed by atoms with Gasteiger partial charge in [-0.05, 0) is 164 Å². The number of carbonyl (C=O) groups is 2. The molecule has 6 aromatic carbocycles. The van der Waals surface area contributed by atoms with Crippen LogP contribution in [0.3, 0.4) is 0 Å². The van der Waals surface area contributed by atoms with Gasteiger partial charge in [0, 0.05) is 25.2 Å². The molecular weight excluding hydrogens is 949 g/mol. The van der Waals surface area contributed by atoms with Crippen molar-refractivity contribution in [2.24, 2.45) is 0 Å². The Hall–Kier alpha value is -5.45. The number of halogens is 7. The molecule has 0 atom stereocenters. The second-order valence-corrected chi connectivity index (χ2v) is 20.0. The summed E-state index contributed by atoms with van der Waals surface area (Å²) in [5.74, 6) is -2.86. The molecule has 6 aromatic rings. The lowest BCUT2D eigenvalue weighted by molar-refractivity contribution is 0.0988. The Morgan fingerprint density at radius 2 is 1.05 bits per heavy atom. The summed E-state index contributed by atoms with van der Waals surface area (Å²) in [6.07, 6.45) is 2.78. The highest BCUT2D eigenvalue weighted by molar-refractivity contribution is 7.93. The van der Waals surface area contributed by atoms with Crippen molar-refractivity contribution >= 4 is 82.9 Å². The topological polar surface area (TPSA) is 135 Å². The van der Waals surface area contributed by atoms with E-state index >= 15 is 0 Å². The summed E-state index contributed by atoms with van der Waals surface area (Å²) < 4.78 is 108. The molecule has 0 saturated heterocycles. The van der Waals surface area contributed by atoms with E-state index in [0.717, 1.165) is 65.4 Å². The summed E-state index contributed by atoms with van der Waals surface area (Å²) in [4.78, 5) is 23.4. The number of Topliss-reactive ketones (excluding diaryl/α,β-unsaturated/α-hetero) is 1. The highest BCUT2D eigenvalue weighted by Gasteiger charge is 2.32. The van der Waals surface area contributed by atoms with E-state index in [4.69, 9.17) is 40.5 Å². The van der Waals surface area contributed by atoms with Gasteiger partial charge in [0.15, 0.2) is 5.78 Å². The Kier molecular flexibility index (Phi) is 15.4. The van der Waals surface area contributed by atoms with E-state index < -0.39 is 54.3 Å². The number of aryl methyl sites for hydroxylation is 4. The number of hydrogen-bond acceptors (Lipinski definition) is 7. The van der Waals surface area contributed by atoms with E-state index in [1.54, 1.807) is 12.1 Å². The number of fused-ring (bicyclic) bond motifs is 2. The summed E-state index contributed by atoms with van der Waals surface area (Å²) >= 11 is 16.6. The molecule has 340 valence electrons. The van der Waals surface area contributed by atoms with Gasteiger partial charge in [0.25, 0.3) is 25.3 Å². The zero-order chi connectivity index (χ0) is 47.4. The predicted molar refractivity (Wildman–Crippen MR) is 246 cm³/mol. The fourth-order valence-electron chi connectivity index (χ4n) is 7.37. The molecule has 65 heavy (non-hydrogen) atoms. The quantitative estimate of drug-likeness (QED) is 0.0694. The van der Waals surface area contributed by atoms with Gasteiger partial charge in [0.1, 0.15) is 23.3 Å². The number of carbonyl (C=O) groups excluding carboxylic acids is 2. The standard InChI is InChI=1S/C24H20ClF2NO3S.C16H17FN2O2S.C7H3Cl2FO/c1-15-12-16-4-3-11-28(32(30,31)19-9-7-18(26)8-10-19)22(16)13-17(15)14-23(29)24-20(25)5-2-6-21(24)27;1-11-9-12-3-2-8-19(16(12)10-15(11)18)22(20,21)14-6-4-13(17)5-7-14;8-4-2-1-3-5(10)6(4)7(9)11/h2,5-10,12-13H,3-4,11,14H2,1H3;4-7,9-10H,2-3,8,18H2,1H3;1-3H. The molecule has 2 aliphatic rings.